The fourth-order valence-corrected chi connectivity index (χ4v) is 3.13. The number of ether oxygens (including phenoxy) is 2. The Bertz CT molecular complexity index is 1030. The number of amides is 3. The van der Waals surface area contributed by atoms with E-state index in [9.17, 15) is 31.5 Å². The van der Waals surface area contributed by atoms with Crippen LogP contribution in [0.25, 0.3) is 0 Å². The van der Waals surface area contributed by atoms with Crippen LogP contribution in [0.5, 0.6) is 11.5 Å². The van der Waals surface area contributed by atoms with Gasteiger partial charge in [0.05, 0.1) is 20.8 Å². The largest absolute Gasteiger partial charge is 0.493 e. The Hall–Kier alpha value is -3.37. The summed E-state index contributed by atoms with van der Waals surface area (Å²) >= 11 is 0. The Kier molecular flexibility index (Phi) is 5.31. The standard InChI is InChI=1S/C19H15F5N2O4/c1-19(8-4-5-10(29-2)11(6-8)30-3)17(27)26(18(28)25-19)7-9-12(20)14(22)16(24)15(23)13(9)21/h4-6H,7H2,1-3H3,(H,25,28). The summed E-state index contributed by atoms with van der Waals surface area (Å²) in [5.74, 6) is -11.3. The molecule has 30 heavy (non-hydrogen) atoms. The van der Waals surface area contributed by atoms with E-state index in [4.69, 9.17) is 9.47 Å². The molecule has 0 bridgehead atoms. The Balaban J connectivity index is 2.00. The topological polar surface area (TPSA) is 67.9 Å². The van der Waals surface area contributed by atoms with Crippen molar-refractivity contribution in [2.45, 2.75) is 19.0 Å². The molecule has 160 valence electrons. The number of methoxy groups -OCH3 is 2. The lowest BCUT2D eigenvalue weighted by Crippen LogP contribution is -2.40. The molecule has 0 spiro atoms. The van der Waals surface area contributed by atoms with Crippen molar-refractivity contribution >= 4 is 11.9 Å². The summed E-state index contributed by atoms with van der Waals surface area (Å²) in [4.78, 5) is 25.6. The van der Waals surface area contributed by atoms with Crippen molar-refractivity contribution in [3.8, 4) is 11.5 Å². The van der Waals surface area contributed by atoms with Crippen LogP contribution in [0.4, 0.5) is 26.7 Å². The van der Waals surface area contributed by atoms with Gasteiger partial charge in [0.15, 0.2) is 34.8 Å². The Morgan fingerprint density at radius 1 is 0.900 bits per heavy atom. The average Bonchev–Trinajstić information content (AvgIpc) is 2.96. The van der Waals surface area contributed by atoms with E-state index >= 15 is 0 Å². The molecule has 1 N–H and O–H groups in total. The third-order valence-electron chi connectivity index (χ3n) is 4.85. The third-order valence-corrected chi connectivity index (χ3v) is 4.85. The van der Waals surface area contributed by atoms with Crippen LogP contribution in [0.3, 0.4) is 0 Å². The molecule has 0 aromatic heterocycles. The predicted octanol–water partition coefficient (Wildman–Crippen LogP) is 3.37. The van der Waals surface area contributed by atoms with Crippen molar-refractivity contribution in [3.63, 3.8) is 0 Å². The van der Waals surface area contributed by atoms with E-state index in [1.165, 1.54) is 39.3 Å². The van der Waals surface area contributed by atoms with Crippen LogP contribution in [-0.2, 0) is 16.9 Å². The molecule has 3 amide bonds. The summed E-state index contributed by atoms with van der Waals surface area (Å²) in [6, 6.07) is 3.28. The van der Waals surface area contributed by atoms with Gasteiger partial charge in [0, 0.05) is 5.56 Å². The first kappa shape index (κ1) is 21.3. The van der Waals surface area contributed by atoms with Gasteiger partial charge in [-0.3, -0.25) is 9.69 Å². The number of rotatable bonds is 5. The van der Waals surface area contributed by atoms with Crippen molar-refractivity contribution in [1.29, 1.82) is 0 Å². The summed E-state index contributed by atoms with van der Waals surface area (Å²) < 4.78 is 78.4. The highest BCUT2D eigenvalue weighted by molar-refractivity contribution is 6.07. The summed E-state index contributed by atoms with van der Waals surface area (Å²) in [5, 5.41) is 2.37. The van der Waals surface area contributed by atoms with Crippen molar-refractivity contribution < 1.29 is 41.0 Å². The highest BCUT2D eigenvalue weighted by Crippen LogP contribution is 2.36. The molecule has 2 aromatic carbocycles. The monoisotopic (exact) mass is 430 g/mol. The first-order valence-electron chi connectivity index (χ1n) is 8.43. The van der Waals surface area contributed by atoms with Crippen molar-refractivity contribution in [3.05, 3.63) is 58.4 Å². The molecule has 6 nitrogen and oxygen atoms in total. The number of halogens is 5. The summed E-state index contributed by atoms with van der Waals surface area (Å²) in [7, 11) is 2.75. The number of carbonyl (C=O) groups is 2. The van der Waals surface area contributed by atoms with E-state index in [1.54, 1.807) is 0 Å². The van der Waals surface area contributed by atoms with Crippen LogP contribution >= 0.6 is 0 Å². The van der Waals surface area contributed by atoms with Gasteiger partial charge in [-0.1, -0.05) is 6.07 Å². The lowest BCUT2D eigenvalue weighted by molar-refractivity contribution is -0.131. The second kappa shape index (κ2) is 7.47. The zero-order valence-electron chi connectivity index (χ0n) is 15.9. The maximum atomic E-state index is 14.0. The molecule has 3 rings (SSSR count). The summed E-state index contributed by atoms with van der Waals surface area (Å²) in [6.07, 6.45) is 0. The van der Waals surface area contributed by atoms with Gasteiger partial charge in [-0.15, -0.1) is 0 Å². The van der Waals surface area contributed by atoms with Crippen molar-refractivity contribution in [2.24, 2.45) is 0 Å². The Labute approximate surface area is 167 Å². The van der Waals surface area contributed by atoms with E-state index in [0.717, 1.165) is 0 Å². The number of urea groups is 1. The van der Waals surface area contributed by atoms with Gasteiger partial charge in [0.2, 0.25) is 5.82 Å². The highest BCUT2D eigenvalue weighted by Gasteiger charge is 2.49. The van der Waals surface area contributed by atoms with Crippen molar-refractivity contribution in [2.75, 3.05) is 14.2 Å². The van der Waals surface area contributed by atoms with E-state index < -0.39 is 58.7 Å². The smallest absolute Gasteiger partial charge is 0.325 e. The molecule has 1 fully saturated rings. The lowest BCUT2D eigenvalue weighted by atomic mass is 9.91. The van der Waals surface area contributed by atoms with Gasteiger partial charge in [0.25, 0.3) is 5.91 Å². The molecule has 11 heteroatoms. The quantitative estimate of drug-likeness (QED) is 0.342. The van der Waals surface area contributed by atoms with Gasteiger partial charge < -0.3 is 14.8 Å². The highest BCUT2D eigenvalue weighted by atomic mass is 19.2. The number of carbonyl (C=O) groups excluding carboxylic acids is 2. The van der Waals surface area contributed by atoms with Crippen LogP contribution in [0.2, 0.25) is 0 Å². The normalized spacial score (nSPS) is 18.6. The second-order valence-corrected chi connectivity index (χ2v) is 6.56. The molecule has 1 aliphatic heterocycles. The zero-order chi connectivity index (χ0) is 22.4. The van der Waals surface area contributed by atoms with Crippen molar-refractivity contribution in [1.82, 2.24) is 10.2 Å². The molecule has 1 unspecified atom stereocenters. The number of hydrogen-bond donors (Lipinski definition) is 1. The van der Waals surface area contributed by atoms with E-state index in [1.807, 2.05) is 0 Å². The minimum absolute atomic E-state index is 0.247. The van der Waals surface area contributed by atoms with Crippen LogP contribution in [0.1, 0.15) is 18.1 Å². The van der Waals surface area contributed by atoms with Crippen LogP contribution in [0, 0.1) is 29.1 Å². The molecule has 2 aromatic rings. The van der Waals surface area contributed by atoms with Gasteiger partial charge in [-0.05, 0) is 24.6 Å². The van der Waals surface area contributed by atoms with Crippen LogP contribution in [0.15, 0.2) is 18.2 Å². The maximum absolute atomic E-state index is 14.0. The van der Waals surface area contributed by atoms with E-state index in [-0.39, 0.29) is 11.3 Å². The molecule has 1 aliphatic rings. The number of hydrogen-bond acceptors (Lipinski definition) is 4. The second-order valence-electron chi connectivity index (χ2n) is 6.56. The summed E-state index contributed by atoms with van der Waals surface area (Å²) in [6.45, 7) is 0.173. The summed E-state index contributed by atoms with van der Waals surface area (Å²) in [5.41, 5.74) is -2.73. The molecule has 1 heterocycles. The SMILES string of the molecule is COc1ccc(C2(C)NC(=O)N(Cc3c(F)c(F)c(F)c(F)c3F)C2=O)cc1OC. The number of benzene rings is 2. The van der Waals surface area contributed by atoms with Gasteiger partial charge in [0.1, 0.15) is 5.54 Å². The number of nitrogens with one attached hydrogen (secondary N) is 1. The molecule has 0 saturated carbocycles. The van der Waals surface area contributed by atoms with Gasteiger partial charge in [-0.2, -0.15) is 0 Å². The maximum Gasteiger partial charge on any atom is 0.325 e. The molecule has 0 radical (unpaired) electrons. The first-order chi connectivity index (χ1) is 14.1. The molecule has 1 saturated heterocycles. The fourth-order valence-electron chi connectivity index (χ4n) is 3.13. The van der Waals surface area contributed by atoms with Crippen LogP contribution in [-0.4, -0.2) is 31.1 Å². The molecule has 1 atom stereocenters. The minimum Gasteiger partial charge on any atom is -0.493 e. The number of imide groups is 1. The minimum atomic E-state index is -2.33. The third kappa shape index (κ3) is 3.10. The van der Waals surface area contributed by atoms with Gasteiger partial charge in [-0.25, -0.2) is 26.7 Å². The van der Waals surface area contributed by atoms with E-state index in [0.29, 0.717) is 10.6 Å². The fraction of sp³-hybridized carbons (Fsp3) is 0.263. The van der Waals surface area contributed by atoms with Crippen LogP contribution < -0.4 is 14.8 Å². The van der Waals surface area contributed by atoms with Gasteiger partial charge >= 0.3 is 6.03 Å². The molecule has 0 aliphatic carbocycles. The number of nitrogens with zero attached hydrogens (tertiary/aromatic N) is 1. The Morgan fingerprint density at radius 2 is 1.43 bits per heavy atom. The zero-order valence-corrected chi connectivity index (χ0v) is 15.9. The van der Waals surface area contributed by atoms with E-state index in [2.05, 4.69) is 5.32 Å². The first-order valence-corrected chi connectivity index (χ1v) is 8.43. The Morgan fingerprint density at radius 3 is 1.97 bits per heavy atom. The average molecular weight is 430 g/mol. The molecular formula is C19H15F5N2O4. The molecular weight excluding hydrogens is 415 g/mol. The predicted molar refractivity (Wildman–Crippen MR) is 92.2 cm³/mol. The lowest BCUT2D eigenvalue weighted by Gasteiger charge is -2.23.